The number of cyclic esters (lactones) is 1. The normalized spacial score (nSPS) is 17.0. The summed E-state index contributed by atoms with van der Waals surface area (Å²) in [6, 6.07) is 12.7. The molecule has 1 unspecified atom stereocenters. The molecule has 0 amide bonds. The zero-order valence-corrected chi connectivity index (χ0v) is 11.8. The van der Waals surface area contributed by atoms with E-state index in [9.17, 15) is 15.1 Å². The van der Waals surface area contributed by atoms with E-state index in [0.29, 0.717) is 5.56 Å². The Balaban J connectivity index is 1.98. The maximum atomic E-state index is 11.9. The second-order valence-electron chi connectivity index (χ2n) is 4.78. The quantitative estimate of drug-likeness (QED) is 0.341. The molecular formula is C16H12N2O5. The summed E-state index contributed by atoms with van der Waals surface area (Å²) in [6.07, 6.45) is 1.29. The molecule has 2 aromatic rings. The van der Waals surface area contributed by atoms with E-state index in [2.05, 4.69) is 4.99 Å². The lowest BCUT2D eigenvalue weighted by atomic mass is 10.1. The van der Waals surface area contributed by atoms with E-state index in [-0.39, 0.29) is 28.6 Å². The van der Waals surface area contributed by atoms with Gasteiger partial charge < -0.3 is 15.1 Å². The Bertz CT molecular complexity index is 812. The number of phenolic OH excluding ortho intramolecular Hbond substituents is 1. The summed E-state index contributed by atoms with van der Waals surface area (Å²) in [5.41, 5.74) is 0.803. The van der Waals surface area contributed by atoms with Crippen LogP contribution < -0.4 is 5.23 Å². The van der Waals surface area contributed by atoms with E-state index in [0.717, 1.165) is 0 Å². The van der Waals surface area contributed by atoms with Gasteiger partial charge in [0.1, 0.15) is 5.75 Å². The van der Waals surface area contributed by atoms with Gasteiger partial charge in [-0.25, -0.2) is 15.0 Å². The molecule has 0 saturated heterocycles. The Morgan fingerprint density at radius 3 is 2.61 bits per heavy atom. The molecule has 3 N–H and O–H groups in total. The fourth-order valence-corrected chi connectivity index (χ4v) is 2.06. The molecule has 7 heteroatoms. The van der Waals surface area contributed by atoms with Crippen molar-refractivity contribution in [3.05, 3.63) is 70.6 Å². The summed E-state index contributed by atoms with van der Waals surface area (Å²) in [5.74, 6) is -0.654. The van der Waals surface area contributed by atoms with Crippen LogP contribution in [0.15, 0.2) is 59.2 Å². The average Bonchev–Trinajstić information content (AvgIpc) is 2.91. The number of phenols is 1. The molecule has 0 bridgehead atoms. The van der Waals surface area contributed by atoms with Gasteiger partial charge in [0.25, 0.3) is 0 Å². The molecule has 116 valence electrons. The Kier molecular flexibility index (Phi) is 3.90. The van der Waals surface area contributed by atoms with Gasteiger partial charge in [-0.3, -0.25) is 0 Å². The number of quaternary nitrogens is 1. The zero-order valence-electron chi connectivity index (χ0n) is 11.8. The van der Waals surface area contributed by atoms with Crippen LogP contribution >= 0.6 is 0 Å². The first-order valence-corrected chi connectivity index (χ1v) is 6.69. The van der Waals surface area contributed by atoms with Gasteiger partial charge in [-0.2, -0.15) is 5.23 Å². The molecule has 2 aromatic carbocycles. The first kappa shape index (κ1) is 14.9. The third-order valence-electron chi connectivity index (χ3n) is 3.21. The van der Waals surface area contributed by atoms with Crippen molar-refractivity contribution >= 4 is 23.6 Å². The van der Waals surface area contributed by atoms with Gasteiger partial charge in [0.2, 0.25) is 5.90 Å². The first-order chi connectivity index (χ1) is 11.0. The number of rotatable bonds is 3. The van der Waals surface area contributed by atoms with Crippen molar-refractivity contribution in [3.63, 3.8) is 0 Å². The SMILES string of the molecule is O=C1OC(c2ccccc2)=NC1=Cc1cc([NH+]([O-])O)ccc1O. The maximum absolute atomic E-state index is 11.9. The molecule has 0 fully saturated rings. The summed E-state index contributed by atoms with van der Waals surface area (Å²) in [7, 11) is 0. The van der Waals surface area contributed by atoms with Gasteiger partial charge in [-0.05, 0) is 24.3 Å². The largest absolute Gasteiger partial charge is 0.595 e. The molecule has 1 heterocycles. The van der Waals surface area contributed by atoms with Crippen LogP contribution in [0.5, 0.6) is 5.75 Å². The number of nitrogens with zero attached hydrogens (tertiary/aromatic N) is 1. The highest BCUT2D eigenvalue weighted by Gasteiger charge is 2.24. The number of aromatic hydroxyl groups is 1. The second kappa shape index (κ2) is 6.01. The van der Waals surface area contributed by atoms with Gasteiger partial charge in [-0.15, -0.1) is 0 Å². The lowest BCUT2D eigenvalue weighted by molar-refractivity contribution is -0.991. The van der Waals surface area contributed by atoms with Crippen LogP contribution in [0.2, 0.25) is 0 Å². The Morgan fingerprint density at radius 1 is 1.17 bits per heavy atom. The highest BCUT2D eigenvalue weighted by Crippen LogP contribution is 2.25. The molecular weight excluding hydrogens is 300 g/mol. The zero-order chi connectivity index (χ0) is 16.4. The van der Waals surface area contributed by atoms with Crippen LogP contribution in [0, 0.1) is 5.21 Å². The van der Waals surface area contributed by atoms with Crippen LogP contribution in [0.25, 0.3) is 6.08 Å². The Labute approximate surface area is 130 Å². The van der Waals surface area contributed by atoms with Crippen molar-refractivity contribution < 1.29 is 25.1 Å². The third kappa shape index (κ3) is 3.11. The van der Waals surface area contributed by atoms with Crippen LogP contribution in [0.3, 0.4) is 0 Å². The summed E-state index contributed by atoms with van der Waals surface area (Å²) < 4.78 is 5.09. The third-order valence-corrected chi connectivity index (χ3v) is 3.21. The average molecular weight is 312 g/mol. The summed E-state index contributed by atoms with van der Waals surface area (Å²) >= 11 is 0. The van der Waals surface area contributed by atoms with Crippen molar-refractivity contribution in [2.24, 2.45) is 4.99 Å². The number of carbonyl (C=O) groups excluding carboxylic acids is 1. The number of nitrogens with one attached hydrogen (secondary N) is 1. The minimum absolute atomic E-state index is 0.00623. The van der Waals surface area contributed by atoms with Crippen molar-refractivity contribution in [2.75, 3.05) is 0 Å². The first-order valence-electron chi connectivity index (χ1n) is 6.69. The molecule has 0 saturated carbocycles. The van der Waals surface area contributed by atoms with E-state index < -0.39 is 11.2 Å². The summed E-state index contributed by atoms with van der Waals surface area (Å²) in [4.78, 5) is 16.0. The van der Waals surface area contributed by atoms with Crippen LogP contribution in [0.1, 0.15) is 11.1 Å². The van der Waals surface area contributed by atoms with E-state index in [4.69, 9.17) is 9.94 Å². The summed E-state index contributed by atoms with van der Waals surface area (Å²) in [6.45, 7) is 0. The van der Waals surface area contributed by atoms with E-state index in [1.54, 1.807) is 24.3 Å². The number of aliphatic imine (C=N–C) groups is 1. The topological polar surface area (TPSA) is 107 Å². The highest BCUT2D eigenvalue weighted by atomic mass is 16.8. The van der Waals surface area contributed by atoms with Crippen molar-refractivity contribution in [1.29, 1.82) is 0 Å². The molecule has 0 spiro atoms. The lowest BCUT2D eigenvalue weighted by Gasteiger charge is -2.12. The van der Waals surface area contributed by atoms with Gasteiger partial charge in [0.15, 0.2) is 11.4 Å². The molecule has 0 radical (unpaired) electrons. The molecule has 0 aliphatic carbocycles. The minimum Gasteiger partial charge on any atom is -0.595 e. The predicted molar refractivity (Wildman–Crippen MR) is 80.9 cm³/mol. The van der Waals surface area contributed by atoms with Crippen molar-refractivity contribution in [3.8, 4) is 5.75 Å². The molecule has 1 aliphatic heterocycles. The number of carbonyl (C=O) groups is 1. The number of hydrogen-bond acceptors (Lipinski definition) is 6. The molecule has 1 aliphatic rings. The number of esters is 1. The monoisotopic (exact) mass is 312 g/mol. The van der Waals surface area contributed by atoms with Gasteiger partial charge in [-0.1, -0.05) is 18.2 Å². The summed E-state index contributed by atoms with van der Waals surface area (Å²) in [5, 5.41) is 28.6. The fraction of sp³-hybridized carbons (Fsp3) is 0. The van der Waals surface area contributed by atoms with Crippen LogP contribution in [-0.2, 0) is 9.53 Å². The Hall–Kier alpha value is -3.00. The molecule has 1 atom stereocenters. The molecule has 3 rings (SSSR count). The smallest absolute Gasteiger partial charge is 0.363 e. The van der Waals surface area contributed by atoms with Gasteiger partial charge in [0.05, 0.1) is 0 Å². The van der Waals surface area contributed by atoms with Crippen molar-refractivity contribution in [2.45, 2.75) is 0 Å². The molecule has 23 heavy (non-hydrogen) atoms. The van der Waals surface area contributed by atoms with Crippen molar-refractivity contribution in [1.82, 2.24) is 0 Å². The van der Waals surface area contributed by atoms with E-state index in [1.807, 2.05) is 6.07 Å². The maximum Gasteiger partial charge on any atom is 0.363 e. The highest BCUT2D eigenvalue weighted by molar-refractivity contribution is 6.12. The second-order valence-corrected chi connectivity index (χ2v) is 4.78. The number of hydrogen-bond donors (Lipinski definition) is 3. The van der Waals surface area contributed by atoms with Crippen LogP contribution in [0.4, 0.5) is 5.69 Å². The molecule has 7 nitrogen and oxygen atoms in total. The van der Waals surface area contributed by atoms with Gasteiger partial charge >= 0.3 is 5.97 Å². The van der Waals surface area contributed by atoms with Crippen LogP contribution in [-0.4, -0.2) is 22.2 Å². The van der Waals surface area contributed by atoms with E-state index >= 15 is 0 Å². The standard InChI is InChI=1S/C16H12N2O5/c19-14-7-6-12(18(21)22)8-11(14)9-13-16(20)23-15(17-13)10-4-2-1-3-5-10/h1-9,18-19,21H. The van der Waals surface area contributed by atoms with Gasteiger partial charge in [0, 0.05) is 23.3 Å². The molecule has 0 aromatic heterocycles. The minimum atomic E-state index is -1.13. The fourth-order valence-electron chi connectivity index (χ4n) is 2.06. The number of benzene rings is 2. The van der Waals surface area contributed by atoms with E-state index in [1.165, 1.54) is 24.3 Å². The number of ether oxygens (including phenoxy) is 1. The predicted octanol–water partition coefficient (Wildman–Crippen LogP) is 1.14. The lowest BCUT2D eigenvalue weighted by Crippen LogP contribution is -2.99. The Morgan fingerprint density at radius 2 is 1.91 bits per heavy atom.